The summed E-state index contributed by atoms with van der Waals surface area (Å²) in [6, 6.07) is 4.13. The maximum Gasteiger partial charge on any atom is 0.191 e. The van der Waals surface area contributed by atoms with Crippen molar-refractivity contribution in [3.8, 4) is 11.5 Å². The highest BCUT2D eigenvalue weighted by molar-refractivity contribution is 6.32. The van der Waals surface area contributed by atoms with Crippen LogP contribution in [0, 0.1) is 5.92 Å². The smallest absolute Gasteiger partial charge is 0.191 e. The Morgan fingerprint density at radius 2 is 2.00 bits per heavy atom. The van der Waals surface area contributed by atoms with E-state index in [1.807, 2.05) is 19.1 Å². The first kappa shape index (κ1) is 19.4. The molecule has 0 aliphatic rings. The molecule has 1 aromatic carbocycles. The van der Waals surface area contributed by atoms with Crippen LogP contribution in [-0.4, -0.2) is 32.8 Å². The van der Waals surface area contributed by atoms with Gasteiger partial charge in [0.05, 0.1) is 18.7 Å². The molecule has 1 atom stereocenters. The minimum atomic E-state index is 0.333. The summed E-state index contributed by atoms with van der Waals surface area (Å²) in [5, 5.41) is 7.19. The molecule has 6 heteroatoms. The Morgan fingerprint density at radius 3 is 2.52 bits per heavy atom. The van der Waals surface area contributed by atoms with Crippen molar-refractivity contribution in [3.05, 3.63) is 22.7 Å². The summed E-state index contributed by atoms with van der Waals surface area (Å²) in [7, 11) is 3.37. The molecule has 0 aliphatic carbocycles. The molecule has 0 fully saturated rings. The number of hydrogen-bond donors (Lipinski definition) is 2. The fourth-order valence-corrected chi connectivity index (χ4v) is 2.21. The van der Waals surface area contributed by atoms with Crippen LogP contribution in [-0.2, 0) is 6.54 Å². The lowest BCUT2D eigenvalue weighted by Gasteiger charge is -2.21. The number of guanidine groups is 1. The number of benzene rings is 1. The molecule has 0 bridgehead atoms. The summed E-state index contributed by atoms with van der Waals surface area (Å²) < 4.78 is 10.9. The molecule has 23 heavy (non-hydrogen) atoms. The van der Waals surface area contributed by atoms with E-state index >= 15 is 0 Å². The summed E-state index contributed by atoms with van der Waals surface area (Å²) in [4.78, 5) is 4.24. The second-order valence-corrected chi connectivity index (χ2v) is 6.05. The summed E-state index contributed by atoms with van der Waals surface area (Å²) in [6.45, 7) is 9.51. The maximum atomic E-state index is 6.29. The van der Waals surface area contributed by atoms with Gasteiger partial charge in [-0.05, 0) is 37.5 Å². The molecule has 0 heterocycles. The minimum Gasteiger partial charge on any atom is -0.493 e. The van der Waals surface area contributed by atoms with Gasteiger partial charge in [0.25, 0.3) is 0 Å². The molecule has 1 unspecified atom stereocenters. The van der Waals surface area contributed by atoms with Crippen LogP contribution in [0.5, 0.6) is 11.5 Å². The predicted molar refractivity (Wildman–Crippen MR) is 96.8 cm³/mol. The minimum absolute atomic E-state index is 0.333. The Balaban J connectivity index is 2.79. The third-order valence-corrected chi connectivity index (χ3v) is 3.91. The predicted octanol–water partition coefficient (Wildman–Crippen LogP) is 3.46. The van der Waals surface area contributed by atoms with E-state index in [2.05, 4.69) is 36.4 Å². The van der Waals surface area contributed by atoms with Crippen LogP contribution in [0.1, 0.15) is 33.3 Å². The first-order chi connectivity index (χ1) is 10.9. The summed E-state index contributed by atoms with van der Waals surface area (Å²) >= 11 is 6.29. The van der Waals surface area contributed by atoms with Gasteiger partial charge < -0.3 is 20.1 Å². The summed E-state index contributed by atoms with van der Waals surface area (Å²) in [6.07, 6.45) is 0. The van der Waals surface area contributed by atoms with Gasteiger partial charge in [0.2, 0.25) is 0 Å². The van der Waals surface area contributed by atoms with E-state index in [0.717, 1.165) is 11.5 Å². The van der Waals surface area contributed by atoms with E-state index in [1.165, 1.54) is 0 Å². The van der Waals surface area contributed by atoms with Gasteiger partial charge in [-0.2, -0.15) is 0 Å². The third kappa shape index (κ3) is 5.82. The SMILES string of the molecule is CCOc1c(Cl)cc(CNC(=NC)NC(C)C(C)C)cc1OC. The van der Waals surface area contributed by atoms with Crippen molar-refractivity contribution >= 4 is 17.6 Å². The van der Waals surface area contributed by atoms with Gasteiger partial charge in [-0.25, -0.2) is 0 Å². The quantitative estimate of drug-likeness (QED) is 0.589. The molecule has 0 aromatic heterocycles. The molecule has 0 spiro atoms. The Bertz CT molecular complexity index is 533. The fourth-order valence-electron chi connectivity index (χ4n) is 1.92. The molecular weight excluding hydrogens is 314 g/mol. The number of halogens is 1. The van der Waals surface area contributed by atoms with Crippen LogP contribution in [0.4, 0.5) is 0 Å². The Labute approximate surface area is 144 Å². The zero-order valence-electron chi connectivity index (χ0n) is 14.9. The molecule has 0 saturated carbocycles. The normalized spacial score (nSPS) is 13.0. The zero-order valence-corrected chi connectivity index (χ0v) is 15.6. The molecule has 0 aliphatic heterocycles. The van der Waals surface area contributed by atoms with E-state index in [-0.39, 0.29) is 0 Å². The number of nitrogens with zero attached hydrogens (tertiary/aromatic N) is 1. The lowest BCUT2D eigenvalue weighted by Crippen LogP contribution is -2.43. The van der Waals surface area contributed by atoms with Crippen molar-refractivity contribution in [2.45, 2.75) is 40.3 Å². The second-order valence-electron chi connectivity index (χ2n) is 5.64. The highest BCUT2D eigenvalue weighted by Crippen LogP contribution is 2.36. The van der Waals surface area contributed by atoms with Crippen LogP contribution in [0.2, 0.25) is 5.02 Å². The lowest BCUT2D eigenvalue weighted by molar-refractivity contribution is 0.311. The van der Waals surface area contributed by atoms with Crippen LogP contribution in [0.15, 0.2) is 17.1 Å². The average Bonchev–Trinajstić information content (AvgIpc) is 2.53. The Kier molecular flexibility index (Phi) is 8.03. The van der Waals surface area contributed by atoms with E-state index in [4.69, 9.17) is 21.1 Å². The largest absolute Gasteiger partial charge is 0.493 e. The van der Waals surface area contributed by atoms with E-state index in [1.54, 1.807) is 14.2 Å². The first-order valence-electron chi connectivity index (χ1n) is 7.89. The highest BCUT2D eigenvalue weighted by atomic mass is 35.5. The van der Waals surface area contributed by atoms with Gasteiger partial charge in [-0.3, -0.25) is 4.99 Å². The van der Waals surface area contributed by atoms with Crippen LogP contribution in [0.25, 0.3) is 0 Å². The standard InChI is InChI=1S/C17H28ClN3O2/c1-7-23-16-14(18)8-13(9-15(16)22-6)10-20-17(19-5)21-12(4)11(2)3/h8-9,11-12H,7,10H2,1-6H3,(H2,19,20,21). The zero-order chi connectivity index (χ0) is 17.4. The van der Waals surface area contributed by atoms with Crippen molar-refractivity contribution in [3.63, 3.8) is 0 Å². The van der Waals surface area contributed by atoms with Gasteiger partial charge in [0.1, 0.15) is 0 Å². The van der Waals surface area contributed by atoms with Crippen molar-refractivity contribution in [1.82, 2.24) is 10.6 Å². The summed E-state index contributed by atoms with van der Waals surface area (Å²) in [5.74, 6) is 2.50. The molecule has 0 saturated heterocycles. The number of ether oxygens (including phenoxy) is 2. The van der Waals surface area contributed by atoms with Crippen molar-refractivity contribution in [2.24, 2.45) is 10.9 Å². The number of hydrogen-bond acceptors (Lipinski definition) is 3. The molecule has 130 valence electrons. The average molecular weight is 342 g/mol. The van der Waals surface area contributed by atoms with E-state index in [0.29, 0.717) is 41.6 Å². The van der Waals surface area contributed by atoms with Crippen molar-refractivity contribution in [1.29, 1.82) is 0 Å². The van der Waals surface area contributed by atoms with Crippen LogP contribution in [0.3, 0.4) is 0 Å². The summed E-state index contributed by atoms with van der Waals surface area (Å²) in [5.41, 5.74) is 0.996. The molecule has 1 aromatic rings. The Hall–Kier alpha value is -1.62. The number of methoxy groups -OCH3 is 1. The molecule has 0 radical (unpaired) electrons. The number of nitrogens with one attached hydrogen (secondary N) is 2. The van der Waals surface area contributed by atoms with Gasteiger partial charge in [0, 0.05) is 19.6 Å². The molecule has 0 amide bonds. The van der Waals surface area contributed by atoms with Crippen LogP contribution >= 0.6 is 11.6 Å². The maximum absolute atomic E-state index is 6.29. The number of rotatable bonds is 7. The van der Waals surface area contributed by atoms with E-state index < -0.39 is 0 Å². The van der Waals surface area contributed by atoms with Gasteiger partial charge >= 0.3 is 0 Å². The van der Waals surface area contributed by atoms with Gasteiger partial charge in [-0.15, -0.1) is 0 Å². The van der Waals surface area contributed by atoms with Crippen molar-refractivity contribution < 1.29 is 9.47 Å². The fraction of sp³-hybridized carbons (Fsp3) is 0.588. The van der Waals surface area contributed by atoms with Gasteiger partial charge in [0.15, 0.2) is 17.5 Å². The second kappa shape index (κ2) is 9.50. The number of aliphatic imine (C=N–C) groups is 1. The monoisotopic (exact) mass is 341 g/mol. The van der Waals surface area contributed by atoms with Gasteiger partial charge in [-0.1, -0.05) is 25.4 Å². The highest BCUT2D eigenvalue weighted by Gasteiger charge is 2.13. The first-order valence-corrected chi connectivity index (χ1v) is 8.27. The molecule has 2 N–H and O–H groups in total. The molecule has 5 nitrogen and oxygen atoms in total. The van der Waals surface area contributed by atoms with E-state index in [9.17, 15) is 0 Å². The molecule has 1 rings (SSSR count). The molecular formula is C17H28ClN3O2. The van der Waals surface area contributed by atoms with Crippen molar-refractivity contribution in [2.75, 3.05) is 20.8 Å². The topological polar surface area (TPSA) is 54.9 Å². The third-order valence-electron chi connectivity index (χ3n) is 3.63. The van der Waals surface area contributed by atoms with Crippen LogP contribution < -0.4 is 20.1 Å². The Morgan fingerprint density at radius 1 is 1.30 bits per heavy atom. The lowest BCUT2D eigenvalue weighted by atomic mass is 10.1.